The number of aromatic nitrogens is 2. The fraction of sp³-hybridized carbons (Fsp3) is 0.192. The zero-order valence-electron chi connectivity index (χ0n) is 18.9. The van der Waals surface area contributed by atoms with Crippen LogP contribution in [-0.4, -0.2) is 36.0 Å². The summed E-state index contributed by atoms with van der Waals surface area (Å²) in [5, 5.41) is 0.393. The molecule has 1 aliphatic heterocycles. The van der Waals surface area contributed by atoms with Crippen molar-refractivity contribution in [2.45, 2.75) is 13.5 Å². The van der Waals surface area contributed by atoms with Gasteiger partial charge in [-0.3, -0.25) is 4.79 Å². The molecule has 0 bridgehead atoms. The van der Waals surface area contributed by atoms with Crippen LogP contribution in [0.4, 0.5) is 5.95 Å². The molecule has 0 radical (unpaired) electrons. The van der Waals surface area contributed by atoms with Crippen LogP contribution in [0, 0.1) is 0 Å². The Balaban J connectivity index is 1.73. The normalized spacial score (nSPS) is 12.1. The van der Waals surface area contributed by atoms with Crippen LogP contribution in [0.2, 0.25) is 0 Å². The Bertz CT molecular complexity index is 1430. The van der Waals surface area contributed by atoms with Crippen molar-refractivity contribution >= 4 is 22.8 Å². The van der Waals surface area contributed by atoms with E-state index in [1.54, 1.807) is 34.9 Å². The lowest BCUT2D eigenvalue weighted by Gasteiger charge is -2.26. The largest absolute Gasteiger partial charge is 0.465 e. The molecule has 0 unspecified atom stereocenters. The second-order valence-electron chi connectivity index (χ2n) is 7.81. The lowest BCUT2D eigenvalue weighted by molar-refractivity contribution is 0.0601. The molecule has 172 valence electrons. The summed E-state index contributed by atoms with van der Waals surface area (Å²) in [6, 6.07) is 20.1. The van der Waals surface area contributed by atoms with Gasteiger partial charge in [0.05, 0.1) is 29.3 Å². The van der Waals surface area contributed by atoms with Gasteiger partial charge in [0.25, 0.3) is 5.56 Å². The Labute approximate surface area is 195 Å². The first-order valence-corrected chi connectivity index (χ1v) is 10.9. The van der Waals surface area contributed by atoms with Crippen LogP contribution in [0.5, 0.6) is 11.5 Å². The lowest BCUT2D eigenvalue weighted by Crippen LogP contribution is -2.32. The standard InChI is InChI=1S/C26H23N3O5/c1-3-28(15-17-7-5-4-6-8-17)26-27-21-13-18(25(31)32-2)9-11-20(21)24(30)29(26)19-10-12-22-23(14-19)34-16-33-22/h4-14H,3,15-16H2,1-2H3. The van der Waals surface area contributed by atoms with Gasteiger partial charge in [-0.25, -0.2) is 14.3 Å². The number of esters is 1. The van der Waals surface area contributed by atoms with Gasteiger partial charge in [0.1, 0.15) is 0 Å². The van der Waals surface area contributed by atoms with Gasteiger partial charge < -0.3 is 19.1 Å². The molecule has 0 saturated heterocycles. The zero-order valence-corrected chi connectivity index (χ0v) is 18.9. The van der Waals surface area contributed by atoms with Gasteiger partial charge in [-0.15, -0.1) is 0 Å². The number of nitrogens with zero attached hydrogens (tertiary/aromatic N) is 3. The predicted molar refractivity (Wildman–Crippen MR) is 128 cm³/mol. The molecule has 1 aliphatic rings. The molecule has 1 aromatic heterocycles. The van der Waals surface area contributed by atoms with Gasteiger partial charge in [-0.1, -0.05) is 30.3 Å². The average Bonchev–Trinajstić information content (AvgIpc) is 3.35. The topological polar surface area (TPSA) is 82.9 Å². The second kappa shape index (κ2) is 8.90. The number of anilines is 1. The third kappa shape index (κ3) is 3.83. The van der Waals surface area contributed by atoms with Crippen molar-refractivity contribution in [2.24, 2.45) is 0 Å². The maximum absolute atomic E-state index is 13.8. The number of hydrogen-bond acceptors (Lipinski definition) is 7. The molecule has 0 fully saturated rings. The summed E-state index contributed by atoms with van der Waals surface area (Å²) in [7, 11) is 1.32. The minimum absolute atomic E-state index is 0.141. The van der Waals surface area contributed by atoms with Crippen LogP contribution < -0.4 is 19.9 Å². The van der Waals surface area contributed by atoms with Crippen LogP contribution in [0.15, 0.2) is 71.5 Å². The molecule has 0 spiro atoms. The van der Waals surface area contributed by atoms with Crippen molar-refractivity contribution in [1.29, 1.82) is 0 Å². The van der Waals surface area contributed by atoms with Gasteiger partial charge in [0, 0.05) is 19.2 Å². The Morgan fingerprint density at radius 3 is 2.62 bits per heavy atom. The van der Waals surface area contributed by atoms with E-state index in [0.717, 1.165) is 5.56 Å². The number of carbonyl (C=O) groups is 1. The summed E-state index contributed by atoms with van der Waals surface area (Å²) in [4.78, 5) is 32.7. The van der Waals surface area contributed by atoms with E-state index in [1.807, 2.05) is 48.2 Å². The molecule has 5 rings (SSSR count). The van der Waals surface area contributed by atoms with E-state index in [0.29, 0.717) is 52.7 Å². The number of benzene rings is 3. The third-order valence-corrected chi connectivity index (χ3v) is 5.77. The number of rotatable bonds is 6. The van der Waals surface area contributed by atoms with Gasteiger partial charge in [0.2, 0.25) is 12.7 Å². The summed E-state index contributed by atoms with van der Waals surface area (Å²) in [5.74, 6) is 1.18. The van der Waals surface area contributed by atoms with E-state index in [1.165, 1.54) is 7.11 Å². The van der Waals surface area contributed by atoms with Crippen molar-refractivity contribution in [1.82, 2.24) is 9.55 Å². The molecule has 8 heteroatoms. The maximum Gasteiger partial charge on any atom is 0.337 e. The van der Waals surface area contributed by atoms with Crippen molar-refractivity contribution in [3.05, 3.63) is 88.2 Å². The molecule has 0 atom stereocenters. The molecule has 0 amide bonds. The highest BCUT2D eigenvalue weighted by atomic mass is 16.7. The Morgan fingerprint density at radius 1 is 1.06 bits per heavy atom. The van der Waals surface area contributed by atoms with Crippen LogP contribution in [0.1, 0.15) is 22.8 Å². The molecule has 4 aromatic rings. The summed E-state index contributed by atoms with van der Waals surface area (Å²) >= 11 is 0. The maximum atomic E-state index is 13.8. The van der Waals surface area contributed by atoms with Crippen LogP contribution in [0.25, 0.3) is 16.6 Å². The van der Waals surface area contributed by atoms with Gasteiger partial charge in [0.15, 0.2) is 11.5 Å². The zero-order chi connectivity index (χ0) is 23.7. The SMILES string of the molecule is CCN(Cc1ccccc1)c1nc2cc(C(=O)OC)ccc2c(=O)n1-c1ccc2c(c1)OCO2. The molecule has 8 nitrogen and oxygen atoms in total. The molecule has 34 heavy (non-hydrogen) atoms. The van der Waals surface area contributed by atoms with E-state index in [9.17, 15) is 9.59 Å². The smallest absolute Gasteiger partial charge is 0.337 e. The summed E-state index contributed by atoms with van der Waals surface area (Å²) < 4.78 is 17.4. The number of ether oxygens (including phenoxy) is 3. The fourth-order valence-corrected chi connectivity index (χ4v) is 4.02. The van der Waals surface area contributed by atoms with E-state index < -0.39 is 5.97 Å². The number of carbonyl (C=O) groups excluding carboxylic acids is 1. The second-order valence-corrected chi connectivity index (χ2v) is 7.81. The van der Waals surface area contributed by atoms with Crippen molar-refractivity contribution in [3.63, 3.8) is 0 Å². The fourth-order valence-electron chi connectivity index (χ4n) is 4.02. The molecule has 3 aromatic carbocycles. The highest BCUT2D eigenvalue weighted by Gasteiger charge is 2.21. The van der Waals surface area contributed by atoms with E-state index in [4.69, 9.17) is 19.2 Å². The lowest BCUT2D eigenvalue weighted by atomic mass is 10.1. The molecular formula is C26H23N3O5. The molecule has 2 heterocycles. The quantitative estimate of drug-likeness (QED) is 0.406. The Kier molecular flexibility index (Phi) is 5.63. The van der Waals surface area contributed by atoms with Gasteiger partial charge in [-0.05, 0) is 42.8 Å². The number of fused-ring (bicyclic) bond motifs is 2. The minimum atomic E-state index is -0.484. The van der Waals surface area contributed by atoms with Gasteiger partial charge in [-0.2, -0.15) is 0 Å². The minimum Gasteiger partial charge on any atom is -0.465 e. The highest BCUT2D eigenvalue weighted by Crippen LogP contribution is 2.34. The highest BCUT2D eigenvalue weighted by molar-refractivity contribution is 5.94. The molecule has 0 aliphatic carbocycles. The number of methoxy groups -OCH3 is 1. The van der Waals surface area contributed by atoms with Crippen LogP contribution in [0.3, 0.4) is 0 Å². The number of hydrogen-bond donors (Lipinski definition) is 0. The molecule has 0 N–H and O–H groups in total. The third-order valence-electron chi connectivity index (χ3n) is 5.77. The summed E-state index contributed by atoms with van der Waals surface area (Å²) in [5.41, 5.74) is 2.20. The van der Waals surface area contributed by atoms with Crippen molar-refractivity contribution < 1.29 is 19.0 Å². The van der Waals surface area contributed by atoms with E-state index >= 15 is 0 Å². The first kappa shape index (κ1) is 21.5. The van der Waals surface area contributed by atoms with Crippen LogP contribution in [-0.2, 0) is 11.3 Å². The first-order chi connectivity index (χ1) is 16.6. The monoisotopic (exact) mass is 457 g/mol. The summed E-state index contributed by atoms with van der Waals surface area (Å²) in [6.45, 7) is 3.31. The Morgan fingerprint density at radius 2 is 1.85 bits per heavy atom. The van der Waals surface area contributed by atoms with E-state index in [2.05, 4.69) is 0 Å². The van der Waals surface area contributed by atoms with E-state index in [-0.39, 0.29) is 12.4 Å². The Hall–Kier alpha value is -4.33. The van der Waals surface area contributed by atoms with Crippen LogP contribution >= 0.6 is 0 Å². The van der Waals surface area contributed by atoms with Crippen molar-refractivity contribution in [2.75, 3.05) is 25.3 Å². The van der Waals surface area contributed by atoms with Crippen molar-refractivity contribution in [3.8, 4) is 17.2 Å². The molecular weight excluding hydrogens is 434 g/mol. The van der Waals surface area contributed by atoms with Gasteiger partial charge >= 0.3 is 5.97 Å². The summed E-state index contributed by atoms with van der Waals surface area (Å²) in [6.07, 6.45) is 0. The predicted octanol–water partition coefficient (Wildman–Crippen LogP) is 3.93. The average molecular weight is 457 g/mol. The first-order valence-electron chi connectivity index (χ1n) is 10.9. The molecule has 0 saturated carbocycles.